The molecule has 0 saturated carbocycles. The van der Waals surface area contributed by atoms with E-state index in [4.69, 9.17) is 0 Å². The van der Waals surface area contributed by atoms with Crippen LogP contribution in [0.2, 0.25) is 0 Å². The van der Waals surface area contributed by atoms with Crippen molar-refractivity contribution in [1.82, 2.24) is 19.1 Å². The number of hydrogen-bond acceptors (Lipinski definition) is 3. The lowest BCUT2D eigenvalue weighted by Gasteiger charge is -2.05. The van der Waals surface area contributed by atoms with Gasteiger partial charge in [0, 0.05) is 38.3 Å². The van der Waals surface area contributed by atoms with Gasteiger partial charge >= 0.3 is 0 Å². The van der Waals surface area contributed by atoms with Gasteiger partial charge in [0.2, 0.25) is 5.82 Å². The van der Waals surface area contributed by atoms with Gasteiger partial charge in [0.25, 0.3) is 5.56 Å². The summed E-state index contributed by atoms with van der Waals surface area (Å²) < 4.78 is 3.23. The first-order valence-electron chi connectivity index (χ1n) is 4.78. The van der Waals surface area contributed by atoms with E-state index in [2.05, 4.69) is 9.97 Å². The number of nitrogens with zero attached hydrogens (tertiary/aromatic N) is 4. The van der Waals surface area contributed by atoms with Crippen LogP contribution in [0.25, 0.3) is 5.82 Å². The lowest BCUT2D eigenvalue weighted by molar-refractivity contribution is 0.785. The first-order valence-corrected chi connectivity index (χ1v) is 4.78. The van der Waals surface area contributed by atoms with Crippen molar-refractivity contribution in [2.24, 2.45) is 7.05 Å². The minimum absolute atomic E-state index is 0.120. The van der Waals surface area contributed by atoms with Crippen molar-refractivity contribution in [3.8, 4) is 5.82 Å². The van der Waals surface area contributed by atoms with Crippen molar-refractivity contribution in [3.63, 3.8) is 0 Å². The SMILES string of the molecule is CCc1nccn1-c1nccn(C)c1=O. The summed E-state index contributed by atoms with van der Waals surface area (Å²) in [4.78, 5) is 20.0. The summed E-state index contributed by atoms with van der Waals surface area (Å²) in [6, 6.07) is 0. The molecule has 5 heteroatoms. The van der Waals surface area contributed by atoms with Gasteiger partial charge in [0.05, 0.1) is 0 Å². The maximum atomic E-state index is 11.8. The number of rotatable bonds is 2. The second kappa shape index (κ2) is 3.68. The van der Waals surface area contributed by atoms with Crippen molar-refractivity contribution in [2.75, 3.05) is 0 Å². The molecule has 15 heavy (non-hydrogen) atoms. The van der Waals surface area contributed by atoms with Crippen molar-refractivity contribution in [1.29, 1.82) is 0 Å². The van der Waals surface area contributed by atoms with Crippen LogP contribution in [0.4, 0.5) is 0 Å². The molecule has 0 atom stereocenters. The van der Waals surface area contributed by atoms with Gasteiger partial charge in [-0.05, 0) is 0 Å². The molecule has 0 bridgehead atoms. The van der Waals surface area contributed by atoms with Crippen LogP contribution >= 0.6 is 0 Å². The predicted octanol–water partition coefficient (Wildman–Crippen LogP) is 0.528. The zero-order valence-corrected chi connectivity index (χ0v) is 8.71. The molecule has 0 aliphatic heterocycles. The molecule has 0 amide bonds. The van der Waals surface area contributed by atoms with E-state index in [0.29, 0.717) is 5.82 Å². The topological polar surface area (TPSA) is 52.7 Å². The first-order chi connectivity index (χ1) is 7.24. The van der Waals surface area contributed by atoms with Gasteiger partial charge in [0.1, 0.15) is 5.82 Å². The third kappa shape index (κ3) is 1.56. The Balaban J connectivity index is 2.64. The summed E-state index contributed by atoms with van der Waals surface area (Å²) >= 11 is 0. The van der Waals surface area contributed by atoms with Gasteiger partial charge in [-0.2, -0.15) is 0 Å². The molecule has 0 fully saturated rings. The van der Waals surface area contributed by atoms with E-state index in [1.54, 1.807) is 36.4 Å². The Morgan fingerprint density at radius 3 is 2.73 bits per heavy atom. The molecule has 0 N–H and O–H groups in total. The largest absolute Gasteiger partial charge is 0.314 e. The molecule has 0 unspecified atom stereocenters. The van der Waals surface area contributed by atoms with Crippen molar-refractivity contribution < 1.29 is 0 Å². The maximum Gasteiger partial charge on any atom is 0.293 e. The monoisotopic (exact) mass is 204 g/mol. The van der Waals surface area contributed by atoms with Crippen LogP contribution in [0, 0.1) is 0 Å². The molecule has 0 spiro atoms. The Labute approximate surface area is 87.0 Å². The van der Waals surface area contributed by atoms with Gasteiger partial charge in [-0.15, -0.1) is 0 Å². The van der Waals surface area contributed by atoms with Crippen LogP contribution < -0.4 is 5.56 Å². The molecule has 2 aromatic rings. The zero-order valence-electron chi connectivity index (χ0n) is 8.71. The normalized spacial score (nSPS) is 10.5. The smallest absolute Gasteiger partial charge is 0.293 e. The van der Waals surface area contributed by atoms with Crippen LogP contribution in [0.15, 0.2) is 29.6 Å². The van der Waals surface area contributed by atoms with Crippen LogP contribution in [0.1, 0.15) is 12.7 Å². The highest BCUT2D eigenvalue weighted by Crippen LogP contribution is 2.03. The Kier molecular flexibility index (Phi) is 2.37. The van der Waals surface area contributed by atoms with Gasteiger partial charge in [-0.1, -0.05) is 6.92 Å². The van der Waals surface area contributed by atoms with Crippen LogP contribution in [0.3, 0.4) is 0 Å². The molecule has 2 aromatic heterocycles. The van der Waals surface area contributed by atoms with Gasteiger partial charge in [0.15, 0.2) is 0 Å². The molecule has 0 saturated heterocycles. The molecule has 2 rings (SSSR count). The lowest BCUT2D eigenvalue weighted by atomic mass is 10.4. The number of hydrogen-bond donors (Lipinski definition) is 0. The highest BCUT2D eigenvalue weighted by Gasteiger charge is 2.08. The summed E-state index contributed by atoms with van der Waals surface area (Å²) in [5.74, 6) is 1.24. The lowest BCUT2D eigenvalue weighted by Crippen LogP contribution is -2.23. The van der Waals surface area contributed by atoms with E-state index in [0.717, 1.165) is 12.2 Å². The highest BCUT2D eigenvalue weighted by molar-refractivity contribution is 5.21. The van der Waals surface area contributed by atoms with E-state index in [-0.39, 0.29) is 5.56 Å². The minimum atomic E-state index is -0.120. The van der Waals surface area contributed by atoms with E-state index >= 15 is 0 Å². The molecule has 2 heterocycles. The molecule has 0 aliphatic carbocycles. The number of aryl methyl sites for hydroxylation is 2. The van der Waals surface area contributed by atoms with Gasteiger partial charge < -0.3 is 4.57 Å². The molecule has 0 aromatic carbocycles. The fourth-order valence-electron chi connectivity index (χ4n) is 1.44. The average molecular weight is 204 g/mol. The third-order valence-corrected chi connectivity index (χ3v) is 2.26. The molecule has 0 radical (unpaired) electrons. The van der Waals surface area contributed by atoms with E-state index in [1.807, 2.05) is 6.92 Å². The standard InChI is InChI=1S/C10H12N4O/c1-3-8-11-5-7-14(8)9-10(15)13(2)6-4-12-9/h4-7H,3H2,1-2H3. The zero-order chi connectivity index (χ0) is 10.8. The minimum Gasteiger partial charge on any atom is -0.314 e. The fraction of sp³-hybridized carbons (Fsp3) is 0.300. The quantitative estimate of drug-likeness (QED) is 0.717. The molecular weight excluding hydrogens is 192 g/mol. The van der Waals surface area contributed by atoms with Crippen molar-refractivity contribution >= 4 is 0 Å². The Hall–Kier alpha value is -1.91. The van der Waals surface area contributed by atoms with Gasteiger partial charge in [-0.25, -0.2) is 9.97 Å². The number of imidazole rings is 1. The molecule has 5 nitrogen and oxygen atoms in total. The summed E-state index contributed by atoms with van der Waals surface area (Å²) in [5, 5.41) is 0. The maximum absolute atomic E-state index is 11.8. The predicted molar refractivity (Wildman–Crippen MR) is 56.0 cm³/mol. The van der Waals surface area contributed by atoms with Gasteiger partial charge in [-0.3, -0.25) is 9.36 Å². The Morgan fingerprint density at radius 2 is 2.00 bits per heavy atom. The van der Waals surface area contributed by atoms with Crippen molar-refractivity contribution in [2.45, 2.75) is 13.3 Å². The third-order valence-electron chi connectivity index (χ3n) is 2.26. The Morgan fingerprint density at radius 1 is 1.27 bits per heavy atom. The summed E-state index contributed by atoms with van der Waals surface area (Å²) in [7, 11) is 1.70. The van der Waals surface area contributed by atoms with E-state index < -0.39 is 0 Å². The number of aromatic nitrogens is 4. The van der Waals surface area contributed by atoms with Crippen LogP contribution in [-0.4, -0.2) is 19.1 Å². The second-order valence-electron chi connectivity index (χ2n) is 3.23. The fourth-order valence-corrected chi connectivity index (χ4v) is 1.44. The second-order valence-corrected chi connectivity index (χ2v) is 3.23. The molecule has 0 aliphatic rings. The van der Waals surface area contributed by atoms with Crippen molar-refractivity contribution in [3.05, 3.63) is 41.0 Å². The first kappa shape index (κ1) is 9.64. The average Bonchev–Trinajstić information content (AvgIpc) is 2.70. The molecular formula is C10H12N4O. The summed E-state index contributed by atoms with van der Waals surface area (Å²) in [6.07, 6.45) is 7.44. The Bertz CT molecular complexity index is 526. The van der Waals surface area contributed by atoms with Crippen LogP contribution in [0.5, 0.6) is 0 Å². The summed E-state index contributed by atoms with van der Waals surface area (Å²) in [6.45, 7) is 1.99. The van der Waals surface area contributed by atoms with E-state index in [9.17, 15) is 4.79 Å². The van der Waals surface area contributed by atoms with E-state index in [1.165, 1.54) is 4.57 Å². The van der Waals surface area contributed by atoms with Crippen LogP contribution in [-0.2, 0) is 13.5 Å². The summed E-state index contributed by atoms with van der Waals surface area (Å²) in [5.41, 5.74) is -0.120. The highest BCUT2D eigenvalue weighted by atomic mass is 16.1. The molecule has 78 valence electrons.